The third kappa shape index (κ3) is 3.41. The van der Waals surface area contributed by atoms with Crippen LogP contribution in [0, 0.1) is 11.6 Å². The summed E-state index contributed by atoms with van der Waals surface area (Å²) in [5.74, 6) is -1.67. The Balaban J connectivity index is 1.87. The van der Waals surface area contributed by atoms with Crippen molar-refractivity contribution in [3.63, 3.8) is 0 Å². The lowest BCUT2D eigenvalue weighted by atomic mass is 10.1. The highest BCUT2D eigenvalue weighted by Crippen LogP contribution is 2.33. The number of benzene rings is 3. The van der Waals surface area contributed by atoms with Gasteiger partial charge >= 0.3 is 0 Å². The summed E-state index contributed by atoms with van der Waals surface area (Å²) in [6.45, 7) is 0. The molecule has 0 saturated carbocycles. The first kappa shape index (κ1) is 17.2. The maximum atomic E-state index is 13.6. The lowest BCUT2D eigenvalue weighted by molar-refractivity contribution is 0.103. The molecule has 0 spiro atoms. The highest BCUT2D eigenvalue weighted by molar-refractivity contribution is 6.31. The molecule has 3 nitrogen and oxygen atoms in total. The van der Waals surface area contributed by atoms with Crippen LogP contribution in [-0.2, 0) is 0 Å². The third-order valence-electron chi connectivity index (χ3n) is 4.16. The van der Waals surface area contributed by atoms with Crippen molar-refractivity contribution in [2.24, 2.45) is 0 Å². The van der Waals surface area contributed by atoms with Crippen LogP contribution in [0.5, 0.6) is 0 Å². The first-order valence-electron chi connectivity index (χ1n) is 8.15. The van der Waals surface area contributed by atoms with Gasteiger partial charge in [-0.25, -0.2) is 8.78 Å². The monoisotopic (exact) mass is 382 g/mol. The number of halogens is 3. The number of H-pyrrole nitrogens is 1. The van der Waals surface area contributed by atoms with E-state index in [0.717, 1.165) is 18.2 Å². The van der Waals surface area contributed by atoms with E-state index in [-0.39, 0.29) is 17.2 Å². The van der Waals surface area contributed by atoms with Crippen molar-refractivity contribution in [1.29, 1.82) is 0 Å². The average Bonchev–Trinajstić information content (AvgIpc) is 2.98. The standard InChI is InChI=1S/C21H13ClF2N2O/c22-13-6-7-17-18(8-13)26-20(21(27)12-4-2-1-3-5-12)19(17)25-16-10-14(23)9-15(24)11-16/h1-11,25-26H. The van der Waals surface area contributed by atoms with Crippen LogP contribution >= 0.6 is 11.6 Å². The van der Waals surface area contributed by atoms with Crippen molar-refractivity contribution < 1.29 is 13.6 Å². The van der Waals surface area contributed by atoms with Crippen LogP contribution < -0.4 is 5.32 Å². The van der Waals surface area contributed by atoms with Crippen molar-refractivity contribution in [2.75, 3.05) is 5.32 Å². The van der Waals surface area contributed by atoms with Crippen LogP contribution in [0.25, 0.3) is 10.9 Å². The van der Waals surface area contributed by atoms with Gasteiger partial charge in [0.25, 0.3) is 0 Å². The summed E-state index contributed by atoms with van der Waals surface area (Å²) in [5.41, 5.74) is 2.04. The van der Waals surface area contributed by atoms with Gasteiger partial charge in [0.2, 0.25) is 5.78 Å². The number of anilines is 2. The highest BCUT2D eigenvalue weighted by atomic mass is 35.5. The SMILES string of the molecule is O=C(c1ccccc1)c1[nH]c2cc(Cl)ccc2c1Nc1cc(F)cc(F)c1. The molecule has 0 amide bonds. The van der Waals surface area contributed by atoms with Crippen molar-refractivity contribution in [1.82, 2.24) is 4.98 Å². The zero-order valence-corrected chi connectivity index (χ0v) is 14.6. The van der Waals surface area contributed by atoms with E-state index in [0.29, 0.717) is 27.2 Å². The maximum Gasteiger partial charge on any atom is 0.211 e. The fourth-order valence-corrected chi connectivity index (χ4v) is 3.15. The number of carbonyl (C=O) groups is 1. The molecule has 6 heteroatoms. The minimum absolute atomic E-state index is 0.200. The van der Waals surface area contributed by atoms with Crippen molar-refractivity contribution >= 4 is 39.7 Å². The van der Waals surface area contributed by atoms with Gasteiger partial charge in [0.15, 0.2) is 0 Å². The van der Waals surface area contributed by atoms with Gasteiger partial charge in [-0.15, -0.1) is 0 Å². The molecule has 134 valence electrons. The molecule has 4 aromatic rings. The Bertz CT molecular complexity index is 1140. The number of carbonyl (C=O) groups excluding carboxylic acids is 1. The summed E-state index contributed by atoms with van der Waals surface area (Å²) in [7, 11) is 0. The normalized spacial score (nSPS) is 10.9. The van der Waals surface area contributed by atoms with E-state index in [9.17, 15) is 13.6 Å². The zero-order chi connectivity index (χ0) is 19.0. The lowest BCUT2D eigenvalue weighted by Crippen LogP contribution is -2.05. The van der Waals surface area contributed by atoms with Gasteiger partial charge in [-0.3, -0.25) is 4.79 Å². The number of aromatic nitrogens is 1. The number of rotatable bonds is 4. The molecular formula is C21H13ClF2N2O. The summed E-state index contributed by atoms with van der Waals surface area (Å²) in [4.78, 5) is 16.1. The molecule has 0 aliphatic rings. The zero-order valence-electron chi connectivity index (χ0n) is 13.9. The Hall–Kier alpha value is -3.18. The smallest absolute Gasteiger partial charge is 0.211 e. The highest BCUT2D eigenvalue weighted by Gasteiger charge is 2.20. The molecule has 0 saturated heterocycles. The quantitative estimate of drug-likeness (QED) is 0.420. The Morgan fingerprint density at radius 1 is 0.926 bits per heavy atom. The molecule has 0 unspecified atom stereocenters. The Kier molecular flexibility index (Phi) is 4.38. The number of nitrogens with one attached hydrogen (secondary N) is 2. The lowest BCUT2D eigenvalue weighted by Gasteiger charge is -2.09. The van der Waals surface area contributed by atoms with Crippen LogP contribution in [0.4, 0.5) is 20.2 Å². The van der Waals surface area contributed by atoms with E-state index in [1.54, 1.807) is 42.5 Å². The fourth-order valence-electron chi connectivity index (χ4n) is 2.97. The van der Waals surface area contributed by atoms with Gasteiger partial charge in [0.1, 0.15) is 17.3 Å². The summed E-state index contributed by atoms with van der Waals surface area (Å²) < 4.78 is 27.2. The molecule has 27 heavy (non-hydrogen) atoms. The maximum absolute atomic E-state index is 13.6. The summed E-state index contributed by atoms with van der Waals surface area (Å²) in [6.07, 6.45) is 0. The number of hydrogen-bond donors (Lipinski definition) is 2. The van der Waals surface area contributed by atoms with E-state index in [2.05, 4.69) is 10.3 Å². The second kappa shape index (κ2) is 6.85. The van der Waals surface area contributed by atoms with E-state index in [4.69, 9.17) is 11.6 Å². The number of hydrogen-bond acceptors (Lipinski definition) is 2. The Morgan fingerprint density at radius 2 is 1.63 bits per heavy atom. The predicted octanol–water partition coefficient (Wildman–Crippen LogP) is 6.07. The molecule has 1 heterocycles. The molecule has 0 bridgehead atoms. The number of aromatic amines is 1. The molecule has 0 radical (unpaired) electrons. The van der Waals surface area contributed by atoms with Crippen LogP contribution in [-0.4, -0.2) is 10.8 Å². The minimum atomic E-state index is -0.712. The molecule has 0 aliphatic carbocycles. The minimum Gasteiger partial charge on any atom is -0.353 e. The molecular weight excluding hydrogens is 370 g/mol. The van der Waals surface area contributed by atoms with Gasteiger partial charge in [-0.05, 0) is 30.3 Å². The summed E-state index contributed by atoms with van der Waals surface area (Å²) in [6, 6.07) is 17.0. The molecule has 3 aromatic carbocycles. The molecule has 0 aliphatic heterocycles. The van der Waals surface area contributed by atoms with Crippen LogP contribution in [0.2, 0.25) is 5.02 Å². The molecule has 1 aromatic heterocycles. The predicted molar refractivity (Wildman–Crippen MR) is 103 cm³/mol. The number of fused-ring (bicyclic) bond motifs is 1. The average molecular weight is 383 g/mol. The molecule has 0 atom stereocenters. The van der Waals surface area contributed by atoms with Gasteiger partial charge in [0.05, 0.1) is 5.69 Å². The Labute approximate surface area is 158 Å². The van der Waals surface area contributed by atoms with Crippen LogP contribution in [0.3, 0.4) is 0 Å². The van der Waals surface area contributed by atoms with E-state index >= 15 is 0 Å². The van der Waals surface area contributed by atoms with Crippen molar-refractivity contribution in [3.05, 3.63) is 94.6 Å². The van der Waals surface area contributed by atoms with Gasteiger partial charge < -0.3 is 10.3 Å². The van der Waals surface area contributed by atoms with E-state index in [1.807, 2.05) is 6.07 Å². The fraction of sp³-hybridized carbons (Fsp3) is 0. The van der Waals surface area contributed by atoms with Gasteiger partial charge in [0, 0.05) is 33.2 Å². The Morgan fingerprint density at radius 3 is 2.33 bits per heavy atom. The topological polar surface area (TPSA) is 44.9 Å². The van der Waals surface area contributed by atoms with Gasteiger partial charge in [-0.2, -0.15) is 0 Å². The molecule has 4 rings (SSSR count). The summed E-state index contributed by atoms with van der Waals surface area (Å²) >= 11 is 6.05. The van der Waals surface area contributed by atoms with Crippen molar-refractivity contribution in [2.45, 2.75) is 0 Å². The van der Waals surface area contributed by atoms with Crippen LogP contribution in [0.1, 0.15) is 16.1 Å². The second-order valence-corrected chi connectivity index (χ2v) is 6.48. The molecule has 0 fully saturated rings. The molecule has 2 N–H and O–H groups in total. The summed E-state index contributed by atoms with van der Waals surface area (Å²) in [5, 5.41) is 4.16. The van der Waals surface area contributed by atoms with Gasteiger partial charge in [-0.1, -0.05) is 41.9 Å². The first-order chi connectivity index (χ1) is 13.0. The van der Waals surface area contributed by atoms with E-state index < -0.39 is 11.6 Å². The second-order valence-electron chi connectivity index (χ2n) is 6.04. The number of ketones is 1. The largest absolute Gasteiger partial charge is 0.353 e. The van der Waals surface area contributed by atoms with Crippen molar-refractivity contribution in [3.8, 4) is 0 Å². The third-order valence-corrected chi connectivity index (χ3v) is 4.39. The van der Waals surface area contributed by atoms with E-state index in [1.165, 1.54) is 0 Å². The first-order valence-corrected chi connectivity index (χ1v) is 8.53. The van der Waals surface area contributed by atoms with Crippen LogP contribution in [0.15, 0.2) is 66.7 Å².